The molecule has 0 saturated heterocycles. The fraction of sp³-hybridized carbons (Fsp3) is 0.276. The number of fused-ring (bicyclic) bond motifs is 1. The van der Waals surface area contributed by atoms with Crippen molar-refractivity contribution < 1.29 is 14.3 Å². The number of benzene rings is 3. The maximum atomic E-state index is 13.3. The Hall–Kier alpha value is -3.77. The maximum absolute atomic E-state index is 13.3. The van der Waals surface area contributed by atoms with E-state index in [4.69, 9.17) is 15.2 Å². The third kappa shape index (κ3) is 5.17. The van der Waals surface area contributed by atoms with E-state index in [0.717, 1.165) is 28.1 Å². The maximum Gasteiger partial charge on any atom is 0.258 e. The van der Waals surface area contributed by atoms with Gasteiger partial charge >= 0.3 is 0 Å². The molecule has 1 heterocycles. The van der Waals surface area contributed by atoms with Crippen LogP contribution in [0.2, 0.25) is 0 Å². The summed E-state index contributed by atoms with van der Waals surface area (Å²) in [6.07, 6.45) is 0. The van der Waals surface area contributed by atoms with Gasteiger partial charge in [-0.05, 0) is 49.1 Å². The number of rotatable bonds is 9. The van der Waals surface area contributed by atoms with Crippen LogP contribution in [-0.2, 0) is 4.79 Å². The van der Waals surface area contributed by atoms with Crippen molar-refractivity contribution in [2.24, 2.45) is 11.7 Å². The molecule has 6 heteroatoms. The topological polar surface area (TPSA) is 85.6 Å². The second-order valence-corrected chi connectivity index (χ2v) is 8.80. The molecule has 1 unspecified atom stereocenters. The first kappa shape index (κ1) is 24.4. The fourth-order valence-electron chi connectivity index (χ4n) is 4.16. The van der Waals surface area contributed by atoms with Crippen LogP contribution < -0.4 is 25.8 Å². The molecule has 35 heavy (non-hydrogen) atoms. The number of ether oxygens (including phenoxy) is 2. The van der Waals surface area contributed by atoms with E-state index < -0.39 is 0 Å². The summed E-state index contributed by atoms with van der Waals surface area (Å²) in [5.74, 6) is 1.39. The summed E-state index contributed by atoms with van der Waals surface area (Å²) in [5.41, 5.74) is 11.9. The molecule has 0 saturated carbocycles. The van der Waals surface area contributed by atoms with Crippen LogP contribution in [0.25, 0.3) is 11.3 Å². The molecule has 0 radical (unpaired) electrons. The van der Waals surface area contributed by atoms with E-state index in [1.807, 2.05) is 80.6 Å². The van der Waals surface area contributed by atoms with Crippen LogP contribution in [0.4, 0.5) is 11.4 Å². The largest absolute Gasteiger partial charge is 0.490 e. The van der Waals surface area contributed by atoms with Crippen LogP contribution in [-0.4, -0.2) is 19.1 Å². The highest BCUT2D eigenvalue weighted by Crippen LogP contribution is 2.43. The normalized spacial score (nSPS) is 14.9. The number of hydrogen-bond acceptors (Lipinski definition) is 5. The molecule has 3 aromatic carbocycles. The molecule has 0 bridgehead atoms. The van der Waals surface area contributed by atoms with Gasteiger partial charge in [-0.15, -0.1) is 0 Å². The van der Waals surface area contributed by atoms with Crippen LogP contribution in [0, 0.1) is 5.92 Å². The molecular formula is C29H33N3O3. The number of hydrogen-bond donors (Lipinski definition) is 3. The number of amides is 1. The van der Waals surface area contributed by atoms with E-state index in [9.17, 15) is 4.79 Å². The Balaban J connectivity index is 1.82. The van der Waals surface area contributed by atoms with Crippen molar-refractivity contribution in [2.45, 2.75) is 33.7 Å². The quantitative estimate of drug-likeness (QED) is 0.330. The Morgan fingerprint density at radius 3 is 2.17 bits per heavy atom. The molecule has 0 aliphatic carbocycles. The summed E-state index contributed by atoms with van der Waals surface area (Å²) in [4.78, 5) is 13.3. The zero-order valence-corrected chi connectivity index (χ0v) is 20.7. The molecule has 4 rings (SSSR count). The van der Waals surface area contributed by atoms with Crippen molar-refractivity contribution in [1.29, 1.82) is 0 Å². The zero-order chi connectivity index (χ0) is 24.9. The molecule has 0 spiro atoms. The lowest BCUT2D eigenvalue weighted by Gasteiger charge is -2.18. The van der Waals surface area contributed by atoms with Gasteiger partial charge in [0.2, 0.25) is 0 Å². The SMILES string of the molecule is CCOc1cc2c(cc1OCC)/C(=C(/Nc1ccc(C(N)C(C)C)cc1)c1ccccc1)C(=O)N2. The van der Waals surface area contributed by atoms with Gasteiger partial charge in [-0.3, -0.25) is 4.79 Å². The number of carbonyl (C=O) groups excluding carboxylic acids is 1. The lowest BCUT2D eigenvalue weighted by Crippen LogP contribution is -2.16. The molecule has 1 amide bonds. The molecule has 0 fully saturated rings. The first-order valence-corrected chi connectivity index (χ1v) is 12.1. The summed E-state index contributed by atoms with van der Waals surface area (Å²) < 4.78 is 11.6. The zero-order valence-electron chi connectivity index (χ0n) is 20.7. The van der Waals surface area contributed by atoms with Crippen LogP contribution in [0.5, 0.6) is 11.5 Å². The monoisotopic (exact) mass is 471 g/mol. The lowest BCUT2D eigenvalue weighted by molar-refractivity contribution is -0.110. The minimum Gasteiger partial charge on any atom is -0.490 e. The van der Waals surface area contributed by atoms with E-state index in [1.165, 1.54) is 0 Å². The highest BCUT2D eigenvalue weighted by Gasteiger charge is 2.30. The smallest absolute Gasteiger partial charge is 0.258 e. The van der Waals surface area contributed by atoms with Crippen molar-refractivity contribution in [3.63, 3.8) is 0 Å². The highest BCUT2D eigenvalue weighted by molar-refractivity contribution is 6.37. The molecule has 1 aliphatic rings. The van der Waals surface area contributed by atoms with Gasteiger partial charge in [0.05, 0.1) is 30.2 Å². The molecular weight excluding hydrogens is 438 g/mol. The van der Waals surface area contributed by atoms with Crippen LogP contribution >= 0.6 is 0 Å². The summed E-state index contributed by atoms with van der Waals surface area (Å²) in [6, 6.07) is 21.6. The second kappa shape index (κ2) is 10.7. The average Bonchev–Trinajstić information content (AvgIpc) is 3.17. The van der Waals surface area contributed by atoms with E-state index in [0.29, 0.717) is 41.9 Å². The van der Waals surface area contributed by atoms with Crippen LogP contribution in [0.3, 0.4) is 0 Å². The summed E-state index contributed by atoms with van der Waals surface area (Å²) in [6.45, 7) is 9.06. The van der Waals surface area contributed by atoms with Gasteiger partial charge in [-0.25, -0.2) is 0 Å². The predicted molar refractivity (Wildman–Crippen MR) is 142 cm³/mol. The third-order valence-corrected chi connectivity index (χ3v) is 6.02. The van der Waals surface area contributed by atoms with Gasteiger partial charge in [-0.2, -0.15) is 0 Å². The number of nitrogens with two attached hydrogens (primary N) is 1. The Bertz CT molecular complexity index is 1220. The Morgan fingerprint density at radius 2 is 1.57 bits per heavy atom. The minimum absolute atomic E-state index is 0.0278. The molecule has 182 valence electrons. The van der Waals surface area contributed by atoms with E-state index in [1.54, 1.807) is 0 Å². The average molecular weight is 472 g/mol. The summed E-state index contributed by atoms with van der Waals surface area (Å²) >= 11 is 0. The van der Waals surface area contributed by atoms with Crippen molar-refractivity contribution in [3.05, 3.63) is 83.4 Å². The van der Waals surface area contributed by atoms with Gasteiger partial charge in [0, 0.05) is 23.4 Å². The molecule has 6 nitrogen and oxygen atoms in total. The van der Waals surface area contributed by atoms with Crippen LogP contribution in [0.15, 0.2) is 66.7 Å². The fourth-order valence-corrected chi connectivity index (χ4v) is 4.16. The molecule has 3 aromatic rings. The summed E-state index contributed by atoms with van der Waals surface area (Å²) in [5, 5.41) is 6.50. The van der Waals surface area contributed by atoms with Crippen molar-refractivity contribution in [1.82, 2.24) is 0 Å². The van der Waals surface area contributed by atoms with Gasteiger partial charge in [0.25, 0.3) is 5.91 Å². The Kier molecular flexibility index (Phi) is 7.42. The predicted octanol–water partition coefficient (Wildman–Crippen LogP) is 6.07. The Labute approximate surface area is 207 Å². The minimum atomic E-state index is -0.180. The molecule has 0 aromatic heterocycles. The number of anilines is 2. The highest BCUT2D eigenvalue weighted by atomic mass is 16.5. The first-order chi connectivity index (χ1) is 16.9. The van der Waals surface area contributed by atoms with Crippen molar-refractivity contribution in [3.8, 4) is 11.5 Å². The third-order valence-electron chi connectivity index (χ3n) is 6.02. The van der Waals surface area contributed by atoms with Crippen molar-refractivity contribution >= 4 is 28.6 Å². The van der Waals surface area contributed by atoms with Gasteiger partial charge in [0.1, 0.15) is 0 Å². The van der Waals surface area contributed by atoms with Gasteiger partial charge in [-0.1, -0.05) is 56.3 Å². The lowest BCUT2D eigenvalue weighted by atomic mass is 9.96. The van der Waals surface area contributed by atoms with E-state index in [-0.39, 0.29) is 11.9 Å². The Morgan fingerprint density at radius 1 is 0.943 bits per heavy atom. The summed E-state index contributed by atoms with van der Waals surface area (Å²) in [7, 11) is 0. The van der Waals surface area contributed by atoms with E-state index in [2.05, 4.69) is 24.5 Å². The van der Waals surface area contributed by atoms with Gasteiger partial charge < -0.3 is 25.8 Å². The van der Waals surface area contributed by atoms with E-state index >= 15 is 0 Å². The van der Waals surface area contributed by atoms with Crippen molar-refractivity contribution in [2.75, 3.05) is 23.8 Å². The second-order valence-electron chi connectivity index (χ2n) is 8.80. The molecule has 1 aliphatic heterocycles. The molecule has 4 N–H and O–H groups in total. The first-order valence-electron chi connectivity index (χ1n) is 12.1. The number of carbonyl (C=O) groups is 1. The standard InChI is InChI=1S/C29H33N3O3/c1-5-34-24-16-22-23(17-25(24)35-6-2)32-29(33)26(22)28(20-10-8-7-9-11-20)31-21-14-12-19(13-15-21)27(30)18(3)4/h7-18,27,31H,5-6,30H2,1-4H3,(H,32,33)/b28-26-. The number of nitrogens with one attached hydrogen (secondary N) is 2. The van der Waals surface area contributed by atoms with Gasteiger partial charge in [0.15, 0.2) is 11.5 Å². The molecule has 1 atom stereocenters. The van der Waals surface area contributed by atoms with Crippen LogP contribution in [0.1, 0.15) is 50.4 Å².